The third kappa shape index (κ3) is 5.53. The van der Waals surface area contributed by atoms with Crippen LogP contribution in [0.3, 0.4) is 0 Å². The Labute approximate surface area is 83.9 Å². The minimum Gasteiger partial charge on any atom is -0.481 e. The van der Waals surface area contributed by atoms with E-state index in [2.05, 4.69) is 10.6 Å². The molecule has 0 heterocycles. The highest BCUT2D eigenvalue weighted by molar-refractivity contribution is 5.79. The van der Waals surface area contributed by atoms with Crippen molar-refractivity contribution in [3.63, 3.8) is 0 Å². The third-order valence-electron chi connectivity index (χ3n) is 1.83. The number of carbonyl (C=O) groups excluding carboxylic acids is 1. The van der Waals surface area contributed by atoms with E-state index in [1.165, 1.54) is 0 Å². The van der Waals surface area contributed by atoms with Gasteiger partial charge in [0.15, 0.2) is 0 Å². The highest BCUT2D eigenvalue weighted by Crippen LogP contribution is 1.96. The molecular formula is C9H18N2O3. The van der Waals surface area contributed by atoms with Gasteiger partial charge in [-0.25, -0.2) is 0 Å². The molecule has 5 heteroatoms. The van der Waals surface area contributed by atoms with Gasteiger partial charge in [-0.2, -0.15) is 0 Å². The molecule has 82 valence electrons. The Bertz CT molecular complexity index is 206. The second-order valence-corrected chi connectivity index (χ2v) is 3.47. The molecule has 0 aromatic heterocycles. The zero-order valence-electron chi connectivity index (χ0n) is 8.83. The summed E-state index contributed by atoms with van der Waals surface area (Å²) in [4.78, 5) is 21.7. The van der Waals surface area contributed by atoms with Crippen LogP contribution in [0.15, 0.2) is 0 Å². The highest BCUT2D eigenvalue weighted by atomic mass is 16.4. The Morgan fingerprint density at radius 1 is 1.36 bits per heavy atom. The normalized spacial score (nSPS) is 14.5. The second kappa shape index (κ2) is 6.37. The number of rotatable bonds is 6. The van der Waals surface area contributed by atoms with Gasteiger partial charge in [0.25, 0.3) is 0 Å². The number of carbonyl (C=O) groups is 2. The average molecular weight is 202 g/mol. The summed E-state index contributed by atoms with van der Waals surface area (Å²) in [6, 6.07) is -0.320. The molecular weight excluding hydrogens is 184 g/mol. The van der Waals surface area contributed by atoms with Crippen molar-refractivity contribution < 1.29 is 14.7 Å². The molecule has 3 N–H and O–H groups in total. The molecule has 1 amide bonds. The summed E-state index contributed by atoms with van der Waals surface area (Å²) in [6.45, 7) is 4.06. The predicted molar refractivity (Wildman–Crippen MR) is 52.9 cm³/mol. The van der Waals surface area contributed by atoms with Crippen LogP contribution >= 0.6 is 0 Å². The summed E-state index contributed by atoms with van der Waals surface area (Å²) in [5.74, 6) is -1.16. The number of carboxylic acid groups (broad SMARTS) is 1. The fraction of sp³-hybridized carbons (Fsp3) is 0.778. The minimum atomic E-state index is -0.904. The van der Waals surface area contributed by atoms with Crippen LogP contribution in [0.25, 0.3) is 0 Å². The molecule has 0 aromatic carbocycles. The summed E-state index contributed by atoms with van der Waals surface area (Å²) in [5.41, 5.74) is 0. The minimum absolute atomic E-state index is 0.0436. The lowest BCUT2D eigenvalue weighted by atomic mass is 10.1. The molecule has 0 saturated heterocycles. The van der Waals surface area contributed by atoms with Crippen LogP contribution < -0.4 is 10.6 Å². The average Bonchev–Trinajstić information content (AvgIpc) is 2.02. The molecule has 2 unspecified atom stereocenters. The largest absolute Gasteiger partial charge is 0.481 e. The Morgan fingerprint density at radius 3 is 2.36 bits per heavy atom. The first-order chi connectivity index (χ1) is 6.47. The molecule has 2 atom stereocenters. The summed E-state index contributed by atoms with van der Waals surface area (Å²) in [6.07, 6.45) is -0.0436. The van der Waals surface area contributed by atoms with Crippen LogP contribution in [0, 0.1) is 5.92 Å². The standard InChI is InChI=1S/C9H18N2O3/c1-6(5-10-3)9(14)11-7(2)4-8(12)13/h6-7,10H,4-5H2,1-3H3,(H,11,14)(H,12,13). The SMILES string of the molecule is CNCC(C)C(=O)NC(C)CC(=O)O. The zero-order valence-corrected chi connectivity index (χ0v) is 8.83. The smallest absolute Gasteiger partial charge is 0.305 e. The van der Waals surface area contributed by atoms with E-state index in [4.69, 9.17) is 5.11 Å². The van der Waals surface area contributed by atoms with Gasteiger partial charge in [0, 0.05) is 18.5 Å². The predicted octanol–water partition coefficient (Wildman–Crippen LogP) is -0.179. The van der Waals surface area contributed by atoms with Crippen molar-refractivity contribution in [1.29, 1.82) is 0 Å². The zero-order chi connectivity index (χ0) is 11.1. The Morgan fingerprint density at radius 2 is 1.93 bits per heavy atom. The van der Waals surface area contributed by atoms with E-state index in [0.717, 1.165) is 0 Å². The maximum atomic E-state index is 11.4. The van der Waals surface area contributed by atoms with Crippen LogP contribution in [0.4, 0.5) is 0 Å². The van der Waals surface area contributed by atoms with E-state index in [1.54, 1.807) is 20.9 Å². The first-order valence-corrected chi connectivity index (χ1v) is 4.64. The van der Waals surface area contributed by atoms with E-state index in [-0.39, 0.29) is 24.3 Å². The van der Waals surface area contributed by atoms with Crippen molar-refractivity contribution in [2.45, 2.75) is 26.3 Å². The fourth-order valence-electron chi connectivity index (χ4n) is 1.10. The van der Waals surface area contributed by atoms with Gasteiger partial charge in [-0.15, -0.1) is 0 Å². The molecule has 0 aliphatic heterocycles. The maximum absolute atomic E-state index is 11.4. The van der Waals surface area contributed by atoms with Crippen molar-refractivity contribution >= 4 is 11.9 Å². The first-order valence-electron chi connectivity index (χ1n) is 4.64. The monoisotopic (exact) mass is 202 g/mol. The lowest BCUT2D eigenvalue weighted by molar-refractivity contribution is -0.137. The van der Waals surface area contributed by atoms with Crippen molar-refractivity contribution in [1.82, 2.24) is 10.6 Å². The van der Waals surface area contributed by atoms with Gasteiger partial charge < -0.3 is 15.7 Å². The topological polar surface area (TPSA) is 78.4 Å². The molecule has 0 spiro atoms. The van der Waals surface area contributed by atoms with Crippen LogP contribution in [-0.2, 0) is 9.59 Å². The van der Waals surface area contributed by atoms with Gasteiger partial charge in [0.1, 0.15) is 0 Å². The van der Waals surface area contributed by atoms with E-state index < -0.39 is 5.97 Å². The third-order valence-corrected chi connectivity index (χ3v) is 1.83. The van der Waals surface area contributed by atoms with Crippen LogP contribution in [0.2, 0.25) is 0 Å². The molecule has 0 radical (unpaired) electrons. The lowest BCUT2D eigenvalue weighted by Gasteiger charge is -2.15. The molecule has 0 bridgehead atoms. The fourth-order valence-corrected chi connectivity index (χ4v) is 1.10. The van der Waals surface area contributed by atoms with Gasteiger partial charge in [0.05, 0.1) is 6.42 Å². The lowest BCUT2D eigenvalue weighted by Crippen LogP contribution is -2.40. The highest BCUT2D eigenvalue weighted by Gasteiger charge is 2.15. The van der Waals surface area contributed by atoms with Gasteiger partial charge in [-0.05, 0) is 14.0 Å². The Balaban J connectivity index is 3.86. The molecule has 0 aliphatic rings. The molecule has 0 aliphatic carbocycles. The number of carboxylic acids is 1. The number of amides is 1. The van der Waals surface area contributed by atoms with Crippen LogP contribution in [-0.4, -0.2) is 36.6 Å². The Hall–Kier alpha value is -1.10. The van der Waals surface area contributed by atoms with Crippen LogP contribution in [0.5, 0.6) is 0 Å². The summed E-state index contributed by atoms with van der Waals surface area (Å²) >= 11 is 0. The van der Waals surface area contributed by atoms with E-state index in [1.807, 2.05) is 0 Å². The number of nitrogens with one attached hydrogen (secondary N) is 2. The Kier molecular flexibility index (Phi) is 5.87. The summed E-state index contributed by atoms with van der Waals surface area (Å²) in [7, 11) is 1.77. The van der Waals surface area contributed by atoms with Crippen molar-refractivity contribution in [3.8, 4) is 0 Å². The summed E-state index contributed by atoms with van der Waals surface area (Å²) < 4.78 is 0. The first kappa shape index (κ1) is 12.9. The molecule has 0 saturated carbocycles. The van der Waals surface area contributed by atoms with Crippen molar-refractivity contribution in [3.05, 3.63) is 0 Å². The van der Waals surface area contributed by atoms with Gasteiger partial charge in [-0.3, -0.25) is 9.59 Å². The quantitative estimate of drug-likeness (QED) is 0.558. The van der Waals surface area contributed by atoms with Gasteiger partial charge in [-0.1, -0.05) is 6.92 Å². The molecule has 0 aromatic rings. The van der Waals surface area contributed by atoms with Crippen molar-refractivity contribution in [2.24, 2.45) is 5.92 Å². The van der Waals surface area contributed by atoms with Crippen molar-refractivity contribution in [2.75, 3.05) is 13.6 Å². The number of hydrogen-bond acceptors (Lipinski definition) is 3. The molecule has 5 nitrogen and oxygen atoms in total. The van der Waals surface area contributed by atoms with E-state index in [9.17, 15) is 9.59 Å². The van der Waals surface area contributed by atoms with Crippen LogP contribution in [0.1, 0.15) is 20.3 Å². The second-order valence-electron chi connectivity index (χ2n) is 3.47. The summed E-state index contributed by atoms with van der Waals surface area (Å²) in [5, 5.41) is 14.0. The number of aliphatic carboxylic acids is 1. The molecule has 14 heavy (non-hydrogen) atoms. The van der Waals surface area contributed by atoms with Gasteiger partial charge >= 0.3 is 5.97 Å². The van der Waals surface area contributed by atoms with E-state index in [0.29, 0.717) is 6.54 Å². The molecule has 0 fully saturated rings. The van der Waals surface area contributed by atoms with Gasteiger partial charge in [0.2, 0.25) is 5.91 Å². The van der Waals surface area contributed by atoms with E-state index >= 15 is 0 Å². The molecule has 0 rings (SSSR count). The number of hydrogen-bond donors (Lipinski definition) is 3. The maximum Gasteiger partial charge on any atom is 0.305 e.